The molecule has 0 aliphatic heterocycles. The second kappa shape index (κ2) is 12.0. The van der Waals surface area contributed by atoms with Gasteiger partial charge in [-0.1, -0.05) is 32.0 Å². The summed E-state index contributed by atoms with van der Waals surface area (Å²) in [4.78, 5) is 16.8. The second-order valence-corrected chi connectivity index (χ2v) is 7.78. The highest BCUT2D eigenvalue weighted by Gasteiger charge is 2.21. The van der Waals surface area contributed by atoms with Crippen LogP contribution in [-0.4, -0.2) is 38.5 Å². The van der Waals surface area contributed by atoms with Gasteiger partial charge in [-0.3, -0.25) is 9.79 Å². The first kappa shape index (κ1) is 24.4. The predicted molar refractivity (Wildman–Crippen MR) is 125 cm³/mol. The largest absolute Gasteiger partial charge is 0.356 e. The summed E-state index contributed by atoms with van der Waals surface area (Å²) >= 11 is 1.43. The summed E-state index contributed by atoms with van der Waals surface area (Å²) in [6, 6.07) is 10.3. The molecule has 0 saturated heterocycles. The standard InChI is InChI=1S/C20H27FN4OS.HI/c1-20(2,15-7-4-8-16(21)13-15)14-25-19(22-3)24-11-6-10-23-18(26)17-9-5-12-27-17;/h4-5,7-9,12-13H,6,10-11,14H2,1-3H3,(H,23,26)(H2,22,24,25);1H. The van der Waals surface area contributed by atoms with Gasteiger partial charge in [0.15, 0.2) is 5.96 Å². The highest BCUT2D eigenvalue weighted by Crippen LogP contribution is 2.22. The van der Waals surface area contributed by atoms with Gasteiger partial charge in [0.25, 0.3) is 5.91 Å². The third-order valence-corrected chi connectivity index (χ3v) is 5.07. The van der Waals surface area contributed by atoms with Gasteiger partial charge in [-0.2, -0.15) is 0 Å². The molecule has 2 rings (SSSR count). The van der Waals surface area contributed by atoms with Crippen molar-refractivity contribution in [2.45, 2.75) is 25.7 Å². The van der Waals surface area contributed by atoms with Gasteiger partial charge < -0.3 is 16.0 Å². The van der Waals surface area contributed by atoms with Crippen LogP contribution >= 0.6 is 35.3 Å². The number of rotatable bonds is 8. The zero-order valence-corrected chi connectivity index (χ0v) is 19.6. The molecule has 0 atom stereocenters. The number of carbonyl (C=O) groups is 1. The number of hydrogen-bond acceptors (Lipinski definition) is 3. The number of amides is 1. The minimum atomic E-state index is -0.242. The van der Waals surface area contributed by atoms with Gasteiger partial charge >= 0.3 is 0 Å². The average molecular weight is 518 g/mol. The number of nitrogens with zero attached hydrogens (tertiary/aromatic N) is 1. The van der Waals surface area contributed by atoms with E-state index < -0.39 is 0 Å². The van der Waals surface area contributed by atoms with Crippen LogP contribution in [0.1, 0.15) is 35.5 Å². The van der Waals surface area contributed by atoms with Crippen molar-refractivity contribution in [3.8, 4) is 0 Å². The van der Waals surface area contributed by atoms with Crippen LogP contribution in [0.4, 0.5) is 4.39 Å². The summed E-state index contributed by atoms with van der Waals surface area (Å²) in [5.74, 6) is 0.418. The van der Waals surface area contributed by atoms with Crippen molar-refractivity contribution in [2.24, 2.45) is 4.99 Å². The molecule has 0 fully saturated rings. The van der Waals surface area contributed by atoms with E-state index in [9.17, 15) is 9.18 Å². The fourth-order valence-electron chi connectivity index (χ4n) is 2.53. The number of nitrogens with one attached hydrogen (secondary N) is 3. The van der Waals surface area contributed by atoms with Crippen LogP contribution in [0.3, 0.4) is 0 Å². The quantitative estimate of drug-likeness (QED) is 0.216. The zero-order chi connectivity index (χ0) is 19.7. The molecular formula is C20H28FIN4OS. The molecule has 0 unspecified atom stereocenters. The lowest BCUT2D eigenvalue weighted by Crippen LogP contribution is -2.44. The molecule has 0 aliphatic rings. The topological polar surface area (TPSA) is 65.5 Å². The summed E-state index contributed by atoms with van der Waals surface area (Å²) in [5, 5.41) is 11.3. The first-order chi connectivity index (χ1) is 12.9. The summed E-state index contributed by atoms with van der Waals surface area (Å²) in [5.41, 5.74) is 0.691. The van der Waals surface area contributed by atoms with E-state index in [4.69, 9.17) is 0 Å². The van der Waals surface area contributed by atoms with Gasteiger partial charge in [0.05, 0.1) is 4.88 Å². The van der Waals surface area contributed by atoms with E-state index in [1.807, 2.05) is 23.6 Å². The summed E-state index contributed by atoms with van der Waals surface area (Å²) in [6.07, 6.45) is 0.783. The minimum absolute atomic E-state index is 0. The van der Waals surface area contributed by atoms with Gasteiger partial charge in [-0.15, -0.1) is 35.3 Å². The van der Waals surface area contributed by atoms with Crippen molar-refractivity contribution in [1.29, 1.82) is 0 Å². The fourth-order valence-corrected chi connectivity index (χ4v) is 3.17. The van der Waals surface area contributed by atoms with Crippen molar-refractivity contribution in [2.75, 3.05) is 26.7 Å². The Bertz CT molecular complexity index is 765. The van der Waals surface area contributed by atoms with Crippen molar-refractivity contribution in [3.63, 3.8) is 0 Å². The van der Waals surface area contributed by atoms with E-state index in [2.05, 4.69) is 34.8 Å². The fraction of sp³-hybridized carbons (Fsp3) is 0.400. The third kappa shape index (κ3) is 7.75. The first-order valence-electron chi connectivity index (χ1n) is 8.94. The Kier molecular flexibility index (Phi) is 10.4. The van der Waals surface area contributed by atoms with Crippen LogP contribution in [0.5, 0.6) is 0 Å². The molecule has 0 saturated carbocycles. The predicted octanol–water partition coefficient (Wildman–Crippen LogP) is 3.77. The Morgan fingerprint density at radius 2 is 1.89 bits per heavy atom. The highest BCUT2D eigenvalue weighted by molar-refractivity contribution is 14.0. The Morgan fingerprint density at radius 1 is 1.14 bits per heavy atom. The maximum atomic E-state index is 13.5. The molecule has 5 nitrogen and oxygen atoms in total. The molecule has 0 spiro atoms. The molecule has 8 heteroatoms. The SMILES string of the molecule is CN=C(NCCCNC(=O)c1cccs1)NCC(C)(C)c1cccc(F)c1.I. The van der Waals surface area contributed by atoms with E-state index in [0.29, 0.717) is 25.6 Å². The van der Waals surface area contributed by atoms with Gasteiger partial charge in [0.2, 0.25) is 0 Å². The van der Waals surface area contributed by atoms with E-state index in [1.165, 1.54) is 17.4 Å². The number of halogens is 2. The van der Waals surface area contributed by atoms with Crippen LogP contribution in [-0.2, 0) is 5.41 Å². The Morgan fingerprint density at radius 3 is 2.54 bits per heavy atom. The first-order valence-corrected chi connectivity index (χ1v) is 9.82. The molecule has 1 heterocycles. The van der Waals surface area contributed by atoms with Crippen molar-refractivity contribution in [1.82, 2.24) is 16.0 Å². The maximum absolute atomic E-state index is 13.5. The lowest BCUT2D eigenvalue weighted by molar-refractivity contribution is 0.0957. The molecular weight excluding hydrogens is 490 g/mol. The second-order valence-electron chi connectivity index (χ2n) is 6.83. The van der Waals surface area contributed by atoms with Gasteiger partial charge in [-0.25, -0.2) is 4.39 Å². The summed E-state index contributed by atoms with van der Waals surface area (Å²) < 4.78 is 13.5. The Labute approximate surface area is 187 Å². The van der Waals surface area contributed by atoms with Crippen LogP contribution in [0, 0.1) is 5.82 Å². The van der Waals surface area contributed by atoms with Crippen LogP contribution < -0.4 is 16.0 Å². The summed E-state index contributed by atoms with van der Waals surface area (Å²) in [7, 11) is 1.71. The average Bonchev–Trinajstić information content (AvgIpc) is 3.18. The molecule has 0 bridgehead atoms. The third-order valence-electron chi connectivity index (χ3n) is 4.20. The van der Waals surface area contributed by atoms with Gasteiger partial charge in [0, 0.05) is 32.1 Å². The number of carbonyl (C=O) groups excluding carboxylic acids is 1. The Balaban J connectivity index is 0.00000392. The number of benzene rings is 1. The molecule has 2 aromatic rings. The van der Waals surface area contributed by atoms with Crippen LogP contribution in [0.15, 0.2) is 46.8 Å². The molecule has 3 N–H and O–H groups in total. The normalized spacial score (nSPS) is 11.5. The highest BCUT2D eigenvalue weighted by atomic mass is 127. The molecule has 28 heavy (non-hydrogen) atoms. The maximum Gasteiger partial charge on any atom is 0.261 e. The number of guanidine groups is 1. The van der Waals surface area contributed by atoms with Gasteiger partial charge in [0.1, 0.15) is 5.82 Å². The van der Waals surface area contributed by atoms with Crippen molar-refractivity contribution in [3.05, 3.63) is 58.0 Å². The van der Waals surface area contributed by atoms with E-state index >= 15 is 0 Å². The Hall–Kier alpha value is -1.68. The molecule has 1 aromatic heterocycles. The number of thiophene rings is 1. The zero-order valence-electron chi connectivity index (χ0n) is 16.4. The smallest absolute Gasteiger partial charge is 0.261 e. The number of aliphatic imine (C=N–C) groups is 1. The molecule has 0 aliphatic carbocycles. The summed E-state index contributed by atoms with van der Waals surface area (Å²) in [6.45, 7) is 6.01. The van der Waals surface area contributed by atoms with Crippen molar-refractivity contribution >= 4 is 47.2 Å². The van der Waals surface area contributed by atoms with Crippen LogP contribution in [0.25, 0.3) is 0 Å². The molecule has 154 valence electrons. The lowest BCUT2D eigenvalue weighted by Gasteiger charge is -2.27. The monoisotopic (exact) mass is 518 g/mol. The van der Waals surface area contributed by atoms with Crippen LogP contribution in [0.2, 0.25) is 0 Å². The number of hydrogen-bond donors (Lipinski definition) is 3. The molecule has 1 aromatic carbocycles. The lowest BCUT2D eigenvalue weighted by atomic mass is 9.84. The van der Waals surface area contributed by atoms with Crippen molar-refractivity contribution < 1.29 is 9.18 Å². The van der Waals surface area contributed by atoms with E-state index in [-0.39, 0.29) is 41.1 Å². The molecule has 0 radical (unpaired) electrons. The van der Waals surface area contributed by atoms with Gasteiger partial charge in [-0.05, 0) is 35.6 Å². The molecule has 1 amide bonds. The minimum Gasteiger partial charge on any atom is -0.356 e. The van der Waals surface area contributed by atoms with E-state index in [0.717, 1.165) is 16.9 Å². The van der Waals surface area contributed by atoms with E-state index in [1.54, 1.807) is 19.2 Å².